The monoisotopic (exact) mass is 179 g/mol. The van der Waals surface area contributed by atoms with E-state index in [4.69, 9.17) is 0 Å². The molecule has 67 valence electrons. The molecule has 1 radical (unpaired) electrons. The lowest BCUT2D eigenvalue weighted by atomic mass is 10.5. The van der Waals surface area contributed by atoms with E-state index in [-0.39, 0.29) is 0 Å². The number of aromatic amines is 2. The van der Waals surface area contributed by atoms with Gasteiger partial charge in [-0.25, -0.2) is 9.78 Å². The van der Waals surface area contributed by atoms with Crippen molar-refractivity contribution < 1.29 is 0 Å². The van der Waals surface area contributed by atoms with Crippen LogP contribution in [0.3, 0.4) is 0 Å². The van der Waals surface area contributed by atoms with Gasteiger partial charge < -0.3 is 4.57 Å². The molecule has 0 aliphatic carbocycles. The second kappa shape index (κ2) is 2.58. The van der Waals surface area contributed by atoms with E-state index in [0.717, 1.165) is 0 Å². The molecule has 2 heterocycles. The molecule has 0 saturated carbocycles. The van der Waals surface area contributed by atoms with E-state index in [9.17, 15) is 9.59 Å². The maximum absolute atomic E-state index is 11.3. The Kier molecular flexibility index (Phi) is 1.54. The van der Waals surface area contributed by atoms with Gasteiger partial charge in [0.05, 0.1) is 12.9 Å². The minimum absolute atomic E-state index is 0.298. The normalized spacial score (nSPS) is 10.8. The molecule has 2 N–H and O–H groups in total. The van der Waals surface area contributed by atoms with Crippen molar-refractivity contribution in [3.63, 3.8) is 0 Å². The van der Waals surface area contributed by atoms with E-state index in [1.54, 1.807) is 18.0 Å². The highest BCUT2D eigenvalue weighted by Gasteiger charge is 2.06. The summed E-state index contributed by atoms with van der Waals surface area (Å²) in [6, 6.07) is 0. The van der Waals surface area contributed by atoms with Gasteiger partial charge in [-0.3, -0.25) is 14.8 Å². The Hall–Kier alpha value is -1.85. The summed E-state index contributed by atoms with van der Waals surface area (Å²) in [6.07, 6.45) is 1.47. The predicted molar refractivity (Wildman–Crippen MR) is 46.3 cm³/mol. The Morgan fingerprint density at radius 2 is 2.23 bits per heavy atom. The Labute approximate surface area is 72.2 Å². The Balaban J connectivity index is 2.99. The van der Waals surface area contributed by atoms with Gasteiger partial charge in [-0.2, -0.15) is 0 Å². The first-order valence-electron chi connectivity index (χ1n) is 3.71. The second-order valence-electron chi connectivity index (χ2n) is 2.52. The van der Waals surface area contributed by atoms with Crippen LogP contribution in [0, 0.1) is 6.54 Å². The number of hydrogen-bond donors (Lipinski definition) is 2. The van der Waals surface area contributed by atoms with Gasteiger partial charge in [0.25, 0.3) is 5.56 Å². The molecule has 0 atom stereocenters. The highest BCUT2D eigenvalue weighted by Crippen LogP contribution is 2.01. The number of rotatable bonds is 1. The third kappa shape index (κ3) is 1.07. The van der Waals surface area contributed by atoms with Crippen molar-refractivity contribution in [2.75, 3.05) is 0 Å². The summed E-state index contributed by atoms with van der Waals surface area (Å²) in [5.74, 6) is 0. The molecule has 6 nitrogen and oxygen atoms in total. The predicted octanol–water partition coefficient (Wildman–Crippen LogP) is -0.557. The molecule has 0 unspecified atom stereocenters. The molecule has 13 heavy (non-hydrogen) atoms. The summed E-state index contributed by atoms with van der Waals surface area (Å²) in [4.78, 5) is 30.5. The average molecular weight is 179 g/mol. The fourth-order valence-electron chi connectivity index (χ4n) is 1.17. The van der Waals surface area contributed by atoms with Crippen LogP contribution in [-0.2, 0) is 0 Å². The van der Waals surface area contributed by atoms with E-state index in [1.807, 2.05) is 0 Å². The van der Waals surface area contributed by atoms with E-state index in [2.05, 4.69) is 15.0 Å². The van der Waals surface area contributed by atoms with Crippen molar-refractivity contribution in [2.45, 2.75) is 6.92 Å². The number of aromatic nitrogens is 4. The summed E-state index contributed by atoms with van der Waals surface area (Å²) >= 11 is 0. The molecule has 0 fully saturated rings. The van der Waals surface area contributed by atoms with E-state index in [0.29, 0.717) is 11.2 Å². The molecular weight excluding hydrogens is 172 g/mol. The highest BCUT2D eigenvalue weighted by molar-refractivity contribution is 5.69. The third-order valence-electron chi connectivity index (χ3n) is 1.75. The molecule has 0 aromatic carbocycles. The summed E-state index contributed by atoms with van der Waals surface area (Å²) in [5, 5.41) is 0. The topological polar surface area (TPSA) is 83.5 Å². The Morgan fingerprint density at radius 3 is 2.92 bits per heavy atom. The average Bonchev–Trinajstić information content (AvgIpc) is 2.47. The first-order chi connectivity index (χ1) is 6.22. The smallest absolute Gasteiger partial charge is 0.320 e. The molecule has 6 heteroatoms. The minimum atomic E-state index is -0.543. The van der Waals surface area contributed by atoms with Gasteiger partial charge in [-0.1, -0.05) is 0 Å². The third-order valence-corrected chi connectivity index (χ3v) is 1.75. The zero-order valence-corrected chi connectivity index (χ0v) is 6.87. The van der Waals surface area contributed by atoms with Crippen molar-refractivity contribution in [1.82, 2.24) is 19.5 Å². The Bertz CT molecular complexity index is 547. The number of nitrogens with zero attached hydrogens (tertiary/aromatic N) is 2. The quantitative estimate of drug-likeness (QED) is 0.615. The molecule has 0 bridgehead atoms. The van der Waals surface area contributed by atoms with Crippen LogP contribution in [0.2, 0.25) is 0 Å². The van der Waals surface area contributed by atoms with Gasteiger partial charge in [0.1, 0.15) is 0 Å². The molecule has 0 saturated heterocycles. The van der Waals surface area contributed by atoms with Crippen LogP contribution in [-0.4, -0.2) is 19.5 Å². The standard InChI is InChI=1S/C7H7N4O2/c1-2-11-3-8-5-4(11)6(12)10-7(13)9-5/h2-3H,1H3,(H2,9,10,12,13). The van der Waals surface area contributed by atoms with Gasteiger partial charge in [0.2, 0.25) is 0 Å². The first-order valence-corrected chi connectivity index (χ1v) is 3.71. The molecular formula is C7H7N4O2. The van der Waals surface area contributed by atoms with Gasteiger partial charge in [0, 0.05) is 0 Å². The molecule has 2 rings (SSSR count). The van der Waals surface area contributed by atoms with E-state index >= 15 is 0 Å². The van der Waals surface area contributed by atoms with Crippen LogP contribution >= 0.6 is 0 Å². The fraction of sp³-hybridized carbons (Fsp3) is 0.143. The second-order valence-corrected chi connectivity index (χ2v) is 2.52. The molecule has 0 spiro atoms. The van der Waals surface area contributed by atoms with Crippen LogP contribution in [0.5, 0.6) is 0 Å². The summed E-state index contributed by atoms with van der Waals surface area (Å²) in [5.41, 5.74) is -0.331. The minimum Gasteiger partial charge on any atom is -0.320 e. The lowest BCUT2D eigenvalue weighted by molar-refractivity contribution is 0.973. The highest BCUT2D eigenvalue weighted by atomic mass is 16.2. The number of hydrogen-bond acceptors (Lipinski definition) is 3. The molecule has 2 aromatic rings. The lowest BCUT2D eigenvalue weighted by Crippen LogP contribution is -2.22. The van der Waals surface area contributed by atoms with Crippen molar-refractivity contribution in [2.24, 2.45) is 0 Å². The maximum Gasteiger partial charge on any atom is 0.327 e. The van der Waals surface area contributed by atoms with Crippen LogP contribution in [0.25, 0.3) is 11.2 Å². The van der Waals surface area contributed by atoms with Gasteiger partial charge in [-0.05, 0) is 6.92 Å². The van der Waals surface area contributed by atoms with Crippen LogP contribution < -0.4 is 11.2 Å². The lowest BCUT2D eigenvalue weighted by Gasteiger charge is -1.94. The van der Waals surface area contributed by atoms with Gasteiger partial charge >= 0.3 is 5.69 Å². The van der Waals surface area contributed by atoms with Crippen molar-refractivity contribution >= 4 is 11.2 Å². The molecule has 0 aliphatic rings. The number of nitrogens with one attached hydrogen (secondary N) is 2. The summed E-state index contributed by atoms with van der Waals surface area (Å²) < 4.78 is 1.55. The van der Waals surface area contributed by atoms with Crippen molar-refractivity contribution in [1.29, 1.82) is 0 Å². The molecule has 2 aromatic heterocycles. The van der Waals surface area contributed by atoms with E-state index < -0.39 is 11.2 Å². The summed E-state index contributed by atoms with van der Waals surface area (Å²) in [6.45, 7) is 3.45. The fourth-order valence-corrected chi connectivity index (χ4v) is 1.17. The summed E-state index contributed by atoms with van der Waals surface area (Å²) in [7, 11) is 0. The number of fused-ring (bicyclic) bond motifs is 1. The maximum atomic E-state index is 11.3. The largest absolute Gasteiger partial charge is 0.327 e. The SMILES string of the molecule is C[CH]n1cnc2[nH]c(=O)[nH]c(=O)c21. The van der Waals surface area contributed by atoms with Crippen LogP contribution in [0.15, 0.2) is 15.9 Å². The van der Waals surface area contributed by atoms with Crippen molar-refractivity contribution in [3.8, 4) is 0 Å². The zero-order valence-electron chi connectivity index (χ0n) is 6.87. The Morgan fingerprint density at radius 1 is 1.46 bits per heavy atom. The van der Waals surface area contributed by atoms with Gasteiger partial charge in [-0.15, -0.1) is 0 Å². The zero-order chi connectivity index (χ0) is 9.42. The molecule has 0 amide bonds. The first kappa shape index (κ1) is 7.78. The van der Waals surface area contributed by atoms with Gasteiger partial charge in [0.15, 0.2) is 11.2 Å². The number of H-pyrrole nitrogens is 2. The van der Waals surface area contributed by atoms with E-state index in [1.165, 1.54) is 6.33 Å². The van der Waals surface area contributed by atoms with Crippen LogP contribution in [0.4, 0.5) is 0 Å². The van der Waals surface area contributed by atoms with Crippen molar-refractivity contribution in [3.05, 3.63) is 33.7 Å². The van der Waals surface area contributed by atoms with Crippen LogP contribution in [0.1, 0.15) is 6.92 Å². The number of imidazole rings is 1. The molecule has 0 aliphatic heterocycles.